The van der Waals surface area contributed by atoms with Crippen LogP contribution >= 0.6 is 11.8 Å². The Balaban J connectivity index is 2.34. The van der Waals surface area contributed by atoms with Crippen molar-refractivity contribution in [2.45, 2.75) is 17.8 Å². The molecule has 2 rings (SSSR count). The second-order valence-corrected chi connectivity index (χ2v) is 5.69. The minimum absolute atomic E-state index is 0.0176. The Morgan fingerprint density at radius 1 is 1.45 bits per heavy atom. The molecule has 9 heteroatoms. The fourth-order valence-corrected chi connectivity index (χ4v) is 2.74. The predicted molar refractivity (Wildman–Crippen MR) is 72.3 cm³/mol. The van der Waals surface area contributed by atoms with E-state index in [4.69, 9.17) is 0 Å². The Bertz CT molecular complexity index is 646. The van der Waals surface area contributed by atoms with Gasteiger partial charge >= 0.3 is 6.18 Å². The first-order chi connectivity index (χ1) is 10.2. The highest BCUT2D eigenvalue weighted by molar-refractivity contribution is 8.15. The van der Waals surface area contributed by atoms with Crippen molar-refractivity contribution in [2.24, 2.45) is 4.99 Å². The zero-order valence-electron chi connectivity index (χ0n) is 11.3. The molecule has 1 amide bonds. The third kappa shape index (κ3) is 3.59. The van der Waals surface area contributed by atoms with Crippen molar-refractivity contribution in [3.8, 4) is 0 Å². The van der Waals surface area contributed by atoms with Gasteiger partial charge in [0.25, 0.3) is 0 Å². The summed E-state index contributed by atoms with van der Waals surface area (Å²) in [5.74, 6) is -1.90. The topological polar surface area (TPSA) is 72.8 Å². The van der Waals surface area contributed by atoms with E-state index in [-0.39, 0.29) is 17.3 Å². The average molecular weight is 331 g/mol. The molecule has 0 aliphatic carbocycles. The van der Waals surface area contributed by atoms with E-state index in [1.54, 1.807) is 0 Å². The van der Waals surface area contributed by atoms with Gasteiger partial charge in [-0.25, -0.2) is 4.99 Å². The molecule has 0 bridgehead atoms. The molecule has 1 atom stereocenters. The molecule has 0 saturated carbocycles. The highest BCUT2D eigenvalue weighted by Gasteiger charge is 2.32. The summed E-state index contributed by atoms with van der Waals surface area (Å²) in [4.78, 5) is 27.6. The van der Waals surface area contributed by atoms with Crippen LogP contribution in [0.1, 0.15) is 12.0 Å². The number of carbonyl (C=O) groups is 2. The number of carboxylic acids is 1. The van der Waals surface area contributed by atoms with Crippen molar-refractivity contribution in [3.05, 3.63) is 29.8 Å². The Labute approximate surface area is 127 Å². The van der Waals surface area contributed by atoms with Crippen LogP contribution in [0.3, 0.4) is 0 Å². The third-order valence-electron chi connectivity index (χ3n) is 2.93. The van der Waals surface area contributed by atoms with E-state index in [2.05, 4.69) is 4.99 Å². The van der Waals surface area contributed by atoms with Crippen molar-refractivity contribution in [1.82, 2.24) is 4.90 Å². The molecule has 0 spiro atoms. The Hall–Kier alpha value is -2.03. The van der Waals surface area contributed by atoms with Crippen LogP contribution in [0, 0.1) is 0 Å². The van der Waals surface area contributed by atoms with Crippen LogP contribution in [-0.2, 0) is 15.8 Å². The highest BCUT2D eigenvalue weighted by atomic mass is 32.2. The fourth-order valence-electron chi connectivity index (χ4n) is 1.75. The Morgan fingerprint density at radius 2 is 2.14 bits per heavy atom. The zero-order valence-corrected chi connectivity index (χ0v) is 12.1. The third-order valence-corrected chi connectivity index (χ3v) is 4.15. The first-order valence-electron chi connectivity index (χ1n) is 6.08. The largest absolute Gasteiger partial charge is 0.549 e. The van der Waals surface area contributed by atoms with Crippen molar-refractivity contribution < 1.29 is 27.9 Å². The Kier molecular flexibility index (Phi) is 4.45. The molecule has 1 saturated heterocycles. The summed E-state index contributed by atoms with van der Waals surface area (Å²) in [6.45, 7) is 0. The summed E-state index contributed by atoms with van der Waals surface area (Å²) in [5.41, 5.74) is -0.892. The van der Waals surface area contributed by atoms with Gasteiger partial charge in [-0.2, -0.15) is 13.2 Å². The number of amides is 1. The molecule has 0 aromatic heterocycles. The van der Waals surface area contributed by atoms with Gasteiger partial charge in [0.05, 0.1) is 22.5 Å². The lowest BCUT2D eigenvalue weighted by Gasteiger charge is -2.29. The van der Waals surface area contributed by atoms with Gasteiger partial charge in [0.2, 0.25) is 5.91 Å². The lowest BCUT2D eigenvalue weighted by molar-refractivity contribution is -0.304. The number of amidine groups is 1. The molecule has 0 radical (unpaired) electrons. The molecule has 1 aliphatic heterocycles. The van der Waals surface area contributed by atoms with Gasteiger partial charge in [0.1, 0.15) is 0 Å². The smallest absolute Gasteiger partial charge is 0.416 e. The molecule has 118 valence electrons. The lowest BCUT2D eigenvalue weighted by atomic mass is 10.2. The number of carboxylic acid groups (broad SMARTS) is 1. The lowest BCUT2D eigenvalue weighted by Crippen LogP contribution is -2.45. The van der Waals surface area contributed by atoms with Crippen LogP contribution in [0.5, 0.6) is 0 Å². The molecule has 5 nitrogen and oxygen atoms in total. The SMILES string of the molecule is CN1C(=O)CC(C(=O)[O-])SC1=Nc1cccc(C(F)(F)F)c1. The molecular formula is C13H10F3N2O3S-. The minimum Gasteiger partial charge on any atom is -0.549 e. The van der Waals surface area contributed by atoms with E-state index in [0.29, 0.717) is 0 Å². The summed E-state index contributed by atoms with van der Waals surface area (Å²) in [6, 6.07) is 4.25. The fraction of sp³-hybridized carbons (Fsp3) is 0.308. The summed E-state index contributed by atoms with van der Waals surface area (Å²) in [7, 11) is 1.38. The van der Waals surface area contributed by atoms with Crippen molar-refractivity contribution in [2.75, 3.05) is 7.05 Å². The number of rotatable bonds is 2. The summed E-state index contributed by atoms with van der Waals surface area (Å²) in [5, 5.41) is 9.80. The van der Waals surface area contributed by atoms with Crippen LogP contribution in [0.2, 0.25) is 0 Å². The van der Waals surface area contributed by atoms with Crippen LogP contribution in [0.4, 0.5) is 18.9 Å². The number of benzene rings is 1. The Morgan fingerprint density at radius 3 is 2.73 bits per heavy atom. The quantitative estimate of drug-likeness (QED) is 0.821. The molecule has 1 aromatic carbocycles. The maximum Gasteiger partial charge on any atom is 0.416 e. The van der Waals surface area contributed by atoms with Gasteiger partial charge in [0.15, 0.2) is 5.17 Å². The average Bonchev–Trinajstić information content (AvgIpc) is 2.43. The van der Waals surface area contributed by atoms with Gasteiger partial charge in [-0.15, -0.1) is 0 Å². The normalized spacial score (nSPS) is 21.3. The molecule has 1 heterocycles. The van der Waals surface area contributed by atoms with E-state index in [1.165, 1.54) is 19.2 Å². The number of hydrogen-bond donors (Lipinski definition) is 0. The second kappa shape index (κ2) is 5.99. The summed E-state index contributed by atoms with van der Waals surface area (Å²) in [6.07, 6.45) is -4.75. The van der Waals surface area contributed by atoms with Crippen molar-refractivity contribution in [3.63, 3.8) is 0 Å². The predicted octanol–water partition coefficient (Wildman–Crippen LogP) is 1.41. The van der Waals surface area contributed by atoms with Crippen LogP contribution in [0.15, 0.2) is 29.3 Å². The number of halogens is 3. The number of aliphatic carboxylic acids is 1. The number of aliphatic imine (C=N–C) groups is 1. The summed E-state index contributed by atoms with van der Waals surface area (Å²) >= 11 is 0.771. The van der Waals surface area contributed by atoms with Crippen LogP contribution in [0.25, 0.3) is 0 Å². The van der Waals surface area contributed by atoms with E-state index < -0.39 is 28.9 Å². The molecule has 1 fully saturated rings. The van der Waals surface area contributed by atoms with E-state index in [0.717, 1.165) is 28.8 Å². The molecule has 1 aliphatic rings. The van der Waals surface area contributed by atoms with Crippen LogP contribution in [-0.4, -0.2) is 34.2 Å². The van der Waals surface area contributed by atoms with Gasteiger partial charge in [0, 0.05) is 13.5 Å². The number of nitrogens with zero attached hydrogens (tertiary/aromatic N) is 2. The second-order valence-electron chi connectivity index (χ2n) is 4.52. The van der Waals surface area contributed by atoms with Gasteiger partial charge in [-0.1, -0.05) is 17.8 Å². The number of carbonyl (C=O) groups excluding carboxylic acids is 2. The van der Waals surface area contributed by atoms with E-state index in [9.17, 15) is 27.9 Å². The number of alkyl halides is 3. The highest BCUT2D eigenvalue weighted by Crippen LogP contribution is 2.33. The van der Waals surface area contributed by atoms with Gasteiger partial charge in [-0.05, 0) is 18.2 Å². The first-order valence-corrected chi connectivity index (χ1v) is 6.96. The molecule has 22 heavy (non-hydrogen) atoms. The molecular weight excluding hydrogens is 321 g/mol. The zero-order chi connectivity index (χ0) is 16.5. The molecule has 0 N–H and O–H groups in total. The van der Waals surface area contributed by atoms with Gasteiger partial charge in [-0.3, -0.25) is 9.69 Å². The summed E-state index contributed by atoms with van der Waals surface area (Å²) < 4.78 is 37.9. The minimum atomic E-state index is -4.51. The first kappa shape index (κ1) is 16.3. The monoisotopic (exact) mass is 331 g/mol. The van der Waals surface area contributed by atoms with Crippen LogP contribution < -0.4 is 5.11 Å². The molecule has 1 aromatic rings. The molecule has 1 unspecified atom stereocenters. The van der Waals surface area contributed by atoms with Crippen molar-refractivity contribution in [1.29, 1.82) is 0 Å². The number of thioether (sulfide) groups is 1. The standard InChI is InChI=1S/C13H11F3N2O3S/c1-18-10(19)6-9(11(20)21)22-12(18)17-8-4-2-3-7(5-8)13(14,15)16/h2-5,9H,6H2,1H3,(H,20,21)/p-1. The maximum atomic E-state index is 12.6. The van der Waals surface area contributed by atoms with Crippen molar-refractivity contribution >= 4 is 34.5 Å². The van der Waals surface area contributed by atoms with Gasteiger partial charge < -0.3 is 9.90 Å². The van der Waals surface area contributed by atoms with E-state index >= 15 is 0 Å². The van der Waals surface area contributed by atoms with E-state index in [1.807, 2.05) is 0 Å². The number of hydrogen-bond acceptors (Lipinski definition) is 5. The maximum absolute atomic E-state index is 12.6.